The minimum absolute atomic E-state index is 0.0426. The maximum absolute atomic E-state index is 12.5. The smallest absolute Gasteiger partial charge is 0.280 e. The molecule has 1 aliphatic rings. The number of hydrogen-bond donors (Lipinski definition) is 2. The third-order valence-corrected chi connectivity index (χ3v) is 4.57. The summed E-state index contributed by atoms with van der Waals surface area (Å²) in [5.41, 5.74) is 1.91. The Morgan fingerprint density at radius 3 is 2.39 bits per heavy atom. The Morgan fingerprint density at radius 1 is 1.17 bits per heavy atom. The fourth-order valence-electron chi connectivity index (χ4n) is 3.07. The van der Waals surface area contributed by atoms with E-state index in [2.05, 4.69) is 5.32 Å². The minimum Gasteiger partial charge on any atom is -0.331 e. The van der Waals surface area contributed by atoms with E-state index in [4.69, 9.17) is 0 Å². The van der Waals surface area contributed by atoms with Crippen molar-refractivity contribution in [1.82, 2.24) is 4.90 Å². The van der Waals surface area contributed by atoms with Gasteiger partial charge >= 0.3 is 0 Å². The van der Waals surface area contributed by atoms with Crippen LogP contribution in [0.3, 0.4) is 0 Å². The predicted octanol–water partition coefficient (Wildman–Crippen LogP) is 0.849. The minimum atomic E-state index is -0.162. The average Bonchev–Trinajstić information content (AvgIpc) is 2.56. The van der Waals surface area contributed by atoms with Crippen LogP contribution in [0.4, 0.5) is 5.69 Å². The van der Waals surface area contributed by atoms with Crippen LogP contribution in [0, 0.1) is 6.92 Å². The van der Waals surface area contributed by atoms with E-state index in [0.29, 0.717) is 0 Å². The van der Waals surface area contributed by atoms with Gasteiger partial charge in [-0.1, -0.05) is 17.7 Å². The van der Waals surface area contributed by atoms with Gasteiger partial charge in [0.05, 0.1) is 19.6 Å². The van der Waals surface area contributed by atoms with E-state index < -0.39 is 0 Å². The maximum Gasteiger partial charge on any atom is 0.280 e. The van der Waals surface area contributed by atoms with Gasteiger partial charge in [0.25, 0.3) is 5.91 Å². The lowest BCUT2D eigenvalue weighted by Crippen LogP contribution is -3.17. The van der Waals surface area contributed by atoms with Crippen molar-refractivity contribution in [2.75, 3.05) is 32.0 Å². The van der Waals surface area contributed by atoms with Crippen molar-refractivity contribution in [1.29, 1.82) is 0 Å². The molecule has 1 aromatic carbocycles. The number of likely N-dealkylation sites (N-methyl/N-ethyl adjacent to an activating group) is 1. The number of piperidine rings is 1. The highest BCUT2D eigenvalue weighted by atomic mass is 16.2. The number of likely N-dealkylation sites (tertiary alicyclic amines) is 1. The molecule has 5 heteroatoms. The molecule has 0 spiro atoms. The number of carbonyl (C=O) groups is 2. The number of quaternary nitrogens is 1. The van der Waals surface area contributed by atoms with E-state index in [1.165, 1.54) is 29.1 Å². The summed E-state index contributed by atoms with van der Waals surface area (Å²) in [6.45, 7) is 6.16. The van der Waals surface area contributed by atoms with Gasteiger partial charge in [0.1, 0.15) is 0 Å². The molecule has 1 heterocycles. The van der Waals surface area contributed by atoms with Crippen molar-refractivity contribution in [3.8, 4) is 0 Å². The molecular weight excluding hydrogens is 290 g/mol. The molecule has 1 fully saturated rings. The van der Waals surface area contributed by atoms with Gasteiger partial charge in [-0.3, -0.25) is 9.59 Å². The Balaban J connectivity index is 1.84. The molecule has 2 N–H and O–H groups in total. The van der Waals surface area contributed by atoms with Crippen LogP contribution in [-0.4, -0.2) is 49.4 Å². The number of benzene rings is 1. The first-order valence-corrected chi connectivity index (χ1v) is 8.43. The molecule has 0 aliphatic carbocycles. The van der Waals surface area contributed by atoms with Gasteiger partial charge in [0, 0.05) is 12.7 Å². The Kier molecular flexibility index (Phi) is 6.16. The summed E-state index contributed by atoms with van der Waals surface area (Å²) >= 11 is 0. The van der Waals surface area contributed by atoms with Gasteiger partial charge in [-0.05, 0) is 45.2 Å². The van der Waals surface area contributed by atoms with Gasteiger partial charge in [-0.15, -0.1) is 0 Å². The topological polar surface area (TPSA) is 53.9 Å². The highest BCUT2D eigenvalue weighted by Gasteiger charge is 2.29. The molecule has 1 aromatic rings. The number of nitrogens with one attached hydrogen (secondary N) is 2. The number of carbonyl (C=O) groups excluding carboxylic acids is 2. The van der Waals surface area contributed by atoms with Gasteiger partial charge < -0.3 is 15.1 Å². The molecule has 0 saturated carbocycles. The first kappa shape index (κ1) is 17.5. The summed E-state index contributed by atoms with van der Waals surface area (Å²) < 4.78 is 0. The van der Waals surface area contributed by atoms with Crippen molar-refractivity contribution < 1.29 is 14.5 Å². The second-order valence-corrected chi connectivity index (χ2v) is 6.55. The molecule has 2 amide bonds. The summed E-state index contributed by atoms with van der Waals surface area (Å²) in [7, 11) is 1.71. The van der Waals surface area contributed by atoms with Crippen LogP contribution in [0.2, 0.25) is 0 Å². The van der Waals surface area contributed by atoms with E-state index in [1.54, 1.807) is 7.05 Å². The zero-order valence-electron chi connectivity index (χ0n) is 14.4. The second-order valence-electron chi connectivity index (χ2n) is 6.55. The van der Waals surface area contributed by atoms with Gasteiger partial charge in [0.15, 0.2) is 6.04 Å². The molecule has 1 saturated heterocycles. The summed E-state index contributed by atoms with van der Waals surface area (Å²) in [4.78, 5) is 27.5. The van der Waals surface area contributed by atoms with Crippen LogP contribution in [-0.2, 0) is 9.59 Å². The molecule has 1 aliphatic heterocycles. The molecule has 2 rings (SSSR count). The highest BCUT2D eigenvalue weighted by Crippen LogP contribution is 2.08. The van der Waals surface area contributed by atoms with Crippen LogP contribution in [0.1, 0.15) is 31.7 Å². The molecule has 5 nitrogen and oxygen atoms in total. The third kappa shape index (κ3) is 5.06. The summed E-state index contributed by atoms with van der Waals surface area (Å²) in [5, 5.41) is 2.83. The lowest BCUT2D eigenvalue weighted by atomic mass is 10.1. The number of anilines is 1. The van der Waals surface area contributed by atoms with Crippen LogP contribution < -0.4 is 10.2 Å². The summed E-state index contributed by atoms with van der Waals surface area (Å²) in [6, 6.07) is 7.57. The van der Waals surface area contributed by atoms with Crippen molar-refractivity contribution in [2.45, 2.75) is 39.2 Å². The summed E-state index contributed by atoms with van der Waals surface area (Å²) in [5.74, 6) is -0.119. The van der Waals surface area contributed by atoms with Crippen molar-refractivity contribution in [2.24, 2.45) is 0 Å². The molecule has 0 radical (unpaired) electrons. The monoisotopic (exact) mass is 318 g/mol. The van der Waals surface area contributed by atoms with Crippen molar-refractivity contribution >= 4 is 17.5 Å². The SMILES string of the molecule is Cc1ccc(NC(=O)CN(C)C(=O)[C@H](C)[NH+]2CCCCC2)cc1. The Hall–Kier alpha value is -1.88. The number of aryl methyl sites for hydroxylation is 1. The van der Waals surface area contributed by atoms with E-state index in [-0.39, 0.29) is 24.4 Å². The highest BCUT2D eigenvalue weighted by molar-refractivity contribution is 5.94. The van der Waals surface area contributed by atoms with Crippen LogP contribution in [0.15, 0.2) is 24.3 Å². The first-order chi connectivity index (χ1) is 11.0. The standard InChI is InChI=1S/C18H27N3O2/c1-14-7-9-16(10-8-14)19-17(22)13-20(3)18(23)15(2)21-11-5-4-6-12-21/h7-10,15H,4-6,11-13H2,1-3H3,(H,19,22)/p+1/t15-/m0/s1. The molecule has 0 bridgehead atoms. The van der Waals surface area contributed by atoms with E-state index in [1.807, 2.05) is 38.1 Å². The van der Waals surface area contributed by atoms with E-state index in [9.17, 15) is 9.59 Å². The molecular formula is C18H28N3O2+. The van der Waals surface area contributed by atoms with Crippen molar-refractivity contribution in [3.05, 3.63) is 29.8 Å². The molecule has 126 valence electrons. The Labute approximate surface area is 138 Å². The maximum atomic E-state index is 12.5. The van der Waals surface area contributed by atoms with Gasteiger partial charge in [0.2, 0.25) is 5.91 Å². The molecule has 0 unspecified atom stereocenters. The molecule has 0 aromatic heterocycles. The normalized spacial score (nSPS) is 16.7. The number of hydrogen-bond acceptors (Lipinski definition) is 2. The van der Waals surface area contributed by atoms with Gasteiger partial charge in [-0.25, -0.2) is 0 Å². The Bertz CT molecular complexity index is 536. The van der Waals surface area contributed by atoms with Crippen LogP contribution in [0.5, 0.6) is 0 Å². The summed E-state index contributed by atoms with van der Waals surface area (Å²) in [6.07, 6.45) is 3.63. The van der Waals surface area contributed by atoms with Crippen molar-refractivity contribution in [3.63, 3.8) is 0 Å². The molecule has 1 atom stereocenters. The van der Waals surface area contributed by atoms with E-state index in [0.717, 1.165) is 24.3 Å². The zero-order valence-corrected chi connectivity index (χ0v) is 14.4. The fourth-order valence-corrected chi connectivity index (χ4v) is 3.07. The fraction of sp³-hybridized carbons (Fsp3) is 0.556. The van der Waals surface area contributed by atoms with Crippen LogP contribution >= 0.6 is 0 Å². The largest absolute Gasteiger partial charge is 0.331 e. The van der Waals surface area contributed by atoms with Crippen LogP contribution in [0.25, 0.3) is 0 Å². The van der Waals surface area contributed by atoms with E-state index >= 15 is 0 Å². The second kappa shape index (κ2) is 8.11. The predicted molar refractivity (Wildman–Crippen MR) is 91.5 cm³/mol. The lowest BCUT2D eigenvalue weighted by molar-refractivity contribution is -0.919. The number of rotatable bonds is 5. The number of nitrogens with zero attached hydrogens (tertiary/aromatic N) is 1. The Morgan fingerprint density at radius 2 is 1.78 bits per heavy atom. The number of amides is 2. The zero-order chi connectivity index (χ0) is 16.8. The lowest BCUT2D eigenvalue weighted by Gasteiger charge is -2.30. The molecule has 23 heavy (non-hydrogen) atoms. The first-order valence-electron chi connectivity index (χ1n) is 8.43. The quantitative estimate of drug-likeness (QED) is 0.846. The van der Waals surface area contributed by atoms with Gasteiger partial charge in [-0.2, -0.15) is 0 Å². The third-order valence-electron chi connectivity index (χ3n) is 4.57. The average molecular weight is 318 g/mol.